The van der Waals surface area contributed by atoms with Crippen molar-refractivity contribution in [1.82, 2.24) is 15.2 Å². The summed E-state index contributed by atoms with van der Waals surface area (Å²) in [4.78, 5) is 29.9. The third-order valence-corrected chi connectivity index (χ3v) is 8.98. The van der Waals surface area contributed by atoms with Crippen LogP contribution in [0.4, 0.5) is 13.6 Å². The van der Waals surface area contributed by atoms with Crippen LogP contribution in [0.25, 0.3) is 11.1 Å². The first-order chi connectivity index (χ1) is 22.6. The Labute approximate surface area is 281 Å². The minimum absolute atomic E-state index is 0.0859. The Kier molecular flexibility index (Phi) is 11.6. The number of pyridine rings is 1. The van der Waals surface area contributed by atoms with Crippen molar-refractivity contribution in [3.63, 3.8) is 0 Å². The molecule has 3 N–H and O–H groups in total. The largest absolute Gasteiger partial charge is 0.465 e. The lowest BCUT2D eigenvalue weighted by molar-refractivity contribution is -0.119. The van der Waals surface area contributed by atoms with Gasteiger partial charge in [0.15, 0.2) is 0 Å². The first-order valence-corrected chi connectivity index (χ1v) is 16.1. The van der Waals surface area contributed by atoms with Crippen molar-refractivity contribution in [2.45, 2.75) is 77.6 Å². The minimum Gasteiger partial charge on any atom is -0.465 e. The molecule has 48 heavy (non-hydrogen) atoms. The number of aromatic nitrogens is 1. The predicted molar refractivity (Wildman–Crippen MR) is 179 cm³/mol. The van der Waals surface area contributed by atoms with Gasteiger partial charge in [0.2, 0.25) is 5.91 Å². The van der Waals surface area contributed by atoms with Gasteiger partial charge in [-0.1, -0.05) is 69.3 Å². The highest BCUT2D eigenvalue weighted by Crippen LogP contribution is 2.52. The Morgan fingerprint density at radius 2 is 1.83 bits per heavy atom. The van der Waals surface area contributed by atoms with Crippen LogP contribution in [0.1, 0.15) is 68.0 Å². The van der Waals surface area contributed by atoms with Gasteiger partial charge in [-0.15, -0.1) is 0 Å². The number of nitrogens with one attached hydrogen (secondary N) is 1. The molecule has 9 nitrogen and oxygen atoms in total. The quantitative estimate of drug-likeness (QED) is 0.207. The molecular weight excluding hydrogens is 620 g/mol. The first-order valence-electron chi connectivity index (χ1n) is 16.1. The molecule has 4 rings (SSSR count). The number of amides is 2. The summed E-state index contributed by atoms with van der Waals surface area (Å²) >= 11 is 0. The average molecular weight is 668 g/mol. The number of aryl methyl sites for hydroxylation is 1. The van der Waals surface area contributed by atoms with E-state index in [0.29, 0.717) is 24.2 Å². The zero-order chi connectivity index (χ0) is 35.3. The number of benzene rings is 2. The number of ether oxygens (including phenoxy) is 2. The van der Waals surface area contributed by atoms with Gasteiger partial charge in [0.05, 0.1) is 12.3 Å². The van der Waals surface area contributed by atoms with Crippen LogP contribution in [0.2, 0.25) is 0 Å². The number of halogens is 2. The molecule has 1 fully saturated rings. The summed E-state index contributed by atoms with van der Waals surface area (Å²) in [5.41, 5.74) is 3.65. The van der Waals surface area contributed by atoms with Gasteiger partial charge in [0.25, 0.3) is 5.92 Å². The number of rotatable bonds is 12. The molecule has 1 saturated heterocycles. The van der Waals surface area contributed by atoms with Crippen molar-refractivity contribution in [2.24, 2.45) is 5.41 Å². The van der Waals surface area contributed by atoms with E-state index in [4.69, 9.17) is 4.74 Å². The first kappa shape index (κ1) is 36.9. The van der Waals surface area contributed by atoms with Gasteiger partial charge in [0.1, 0.15) is 18.8 Å². The van der Waals surface area contributed by atoms with Crippen LogP contribution in [0.3, 0.4) is 0 Å². The molecule has 1 aromatic heterocycles. The van der Waals surface area contributed by atoms with Crippen LogP contribution >= 0.6 is 0 Å². The SMILES string of the molecule is COCC(F)(F)COCc1ccc([C@@]2(O)CCN(C(=O)O)C(C(C)(C)C)[C@@H]2c2ccc(-c3ccccc3CCNC(C)=O)cc2C)cn1. The lowest BCUT2D eigenvalue weighted by Crippen LogP contribution is -2.60. The van der Waals surface area contributed by atoms with E-state index in [1.54, 1.807) is 12.1 Å². The smallest absolute Gasteiger partial charge is 0.407 e. The summed E-state index contributed by atoms with van der Waals surface area (Å²) in [5, 5.41) is 25.8. The van der Waals surface area contributed by atoms with Crippen LogP contribution in [0.5, 0.6) is 0 Å². The molecule has 0 saturated carbocycles. The minimum atomic E-state index is -3.13. The molecule has 2 aromatic carbocycles. The third kappa shape index (κ3) is 8.56. The molecule has 260 valence electrons. The van der Waals surface area contributed by atoms with Crippen molar-refractivity contribution >= 4 is 12.0 Å². The van der Waals surface area contributed by atoms with Crippen LogP contribution in [-0.2, 0) is 32.9 Å². The van der Waals surface area contributed by atoms with Crippen molar-refractivity contribution < 1.29 is 38.1 Å². The number of alkyl halides is 2. The van der Waals surface area contributed by atoms with Gasteiger partial charge in [-0.25, -0.2) is 13.6 Å². The fourth-order valence-corrected chi connectivity index (χ4v) is 6.87. The zero-order valence-corrected chi connectivity index (χ0v) is 28.6. The normalized spacial score (nSPS) is 20.1. The van der Waals surface area contributed by atoms with E-state index in [2.05, 4.69) is 21.1 Å². The monoisotopic (exact) mass is 667 g/mol. The number of nitrogens with zero attached hydrogens (tertiary/aromatic N) is 2. The molecule has 3 atom stereocenters. The van der Waals surface area contributed by atoms with Crippen LogP contribution in [0.15, 0.2) is 60.8 Å². The maximum absolute atomic E-state index is 13.8. The Bertz CT molecular complexity index is 1580. The molecule has 1 unspecified atom stereocenters. The fourth-order valence-electron chi connectivity index (χ4n) is 6.87. The summed E-state index contributed by atoms with van der Waals surface area (Å²) in [6.45, 7) is 8.29. The number of piperidine rings is 1. The molecule has 11 heteroatoms. The van der Waals surface area contributed by atoms with Crippen molar-refractivity contribution in [3.05, 3.63) is 88.7 Å². The van der Waals surface area contributed by atoms with Gasteiger partial charge in [-0.05, 0) is 59.1 Å². The van der Waals surface area contributed by atoms with Crippen molar-refractivity contribution in [2.75, 3.05) is 33.4 Å². The lowest BCUT2D eigenvalue weighted by atomic mass is 9.62. The Morgan fingerprint density at radius 1 is 1.10 bits per heavy atom. The molecule has 1 aliphatic rings. The van der Waals surface area contributed by atoms with E-state index < -0.39 is 48.2 Å². The van der Waals surface area contributed by atoms with Crippen molar-refractivity contribution in [3.8, 4) is 11.1 Å². The van der Waals surface area contributed by atoms with Gasteiger partial charge in [-0.3, -0.25) is 9.78 Å². The van der Waals surface area contributed by atoms with E-state index >= 15 is 0 Å². The number of likely N-dealkylation sites (tertiary alicyclic amines) is 1. The number of carbonyl (C=O) groups is 2. The molecular formula is C37H47F2N3O6. The van der Waals surface area contributed by atoms with Gasteiger partial charge >= 0.3 is 6.09 Å². The lowest BCUT2D eigenvalue weighted by Gasteiger charge is -2.54. The standard InChI is InChI=1S/C37H47F2N3O6/c1-24-19-27(31-10-8-7-9-26(31)15-17-40-25(2)43)11-14-30(24)32-33(35(3,4)5)42(34(44)45)18-16-37(32,46)28-12-13-29(41-20-28)21-48-23-36(38,39)22-47-6/h7-14,19-20,32-33,46H,15-18,21-23H2,1-6H3,(H,40,43)(H,44,45)/t32-,33?,37-/m0/s1. The second kappa shape index (κ2) is 15.1. The summed E-state index contributed by atoms with van der Waals surface area (Å²) in [6, 6.07) is 16.8. The molecule has 1 aliphatic heterocycles. The highest BCUT2D eigenvalue weighted by Gasteiger charge is 2.54. The molecule has 0 spiro atoms. The van der Waals surface area contributed by atoms with Crippen molar-refractivity contribution in [1.29, 1.82) is 0 Å². The van der Waals surface area contributed by atoms with E-state index in [1.807, 2.05) is 64.1 Å². The molecule has 0 bridgehead atoms. The highest BCUT2D eigenvalue weighted by atomic mass is 19.3. The Hall–Kier alpha value is -3.93. The average Bonchev–Trinajstić information content (AvgIpc) is 3.01. The van der Waals surface area contributed by atoms with E-state index in [1.165, 1.54) is 25.1 Å². The molecule has 2 amide bonds. The van der Waals surface area contributed by atoms with Crippen LogP contribution in [-0.4, -0.2) is 77.5 Å². The molecule has 0 aliphatic carbocycles. The van der Waals surface area contributed by atoms with Gasteiger partial charge < -0.3 is 29.9 Å². The highest BCUT2D eigenvalue weighted by molar-refractivity contribution is 5.73. The Morgan fingerprint density at radius 3 is 2.44 bits per heavy atom. The number of hydrogen-bond donors (Lipinski definition) is 3. The zero-order valence-electron chi connectivity index (χ0n) is 28.6. The number of carboxylic acid groups (broad SMARTS) is 1. The Balaban J connectivity index is 1.73. The van der Waals surface area contributed by atoms with Gasteiger partial charge in [-0.2, -0.15) is 0 Å². The summed E-state index contributed by atoms with van der Waals surface area (Å²) in [5.74, 6) is -3.88. The second-order valence-corrected chi connectivity index (χ2v) is 13.7. The van der Waals surface area contributed by atoms with Crippen LogP contribution < -0.4 is 5.32 Å². The second-order valence-electron chi connectivity index (χ2n) is 13.7. The maximum atomic E-state index is 13.8. The topological polar surface area (TPSA) is 121 Å². The molecule has 3 aromatic rings. The fraction of sp³-hybridized carbons (Fsp3) is 0.486. The van der Waals surface area contributed by atoms with E-state index in [0.717, 1.165) is 27.8 Å². The van der Waals surface area contributed by atoms with Crippen LogP contribution in [0, 0.1) is 12.3 Å². The number of methoxy groups -OCH3 is 1. The van der Waals surface area contributed by atoms with E-state index in [-0.39, 0.29) is 25.5 Å². The molecule has 2 heterocycles. The number of carbonyl (C=O) groups excluding carboxylic acids is 1. The summed E-state index contributed by atoms with van der Waals surface area (Å²) in [6.07, 6.45) is 1.26. The number of aliphatic hydroxyl groups is 1. The van der Waals surface area contributed by atoms with Gasteiger partial charge in [0, 0.05) is 50.8 Å². The predicted octanol–water partition coefficient (Wildman–Crippen LogP) is 6.30. The third-order valence-electron chi connectivity index (χ3n) is 8.98. The summed E-state index contributed by atoms with van der Waals surface area (Å²) in [7, 11) is 1.20. The van der Waals surface area contributed by atoms with E-state index in [9.17, 15) is 28.6 Å². The number of hydrogen-bond acceptors (Lipinski definition) is 6. The maximum Gasteiger partial charge on any atom is 0.407 e. The molecule has 0 radical (unpaired) electrons. The summed E-state index contributed by atoms with van der Waals surface area (Å²) < 4.78 is 37.3.